The van der Waals surface area contributed by atoms with Crippen LogP contribution in [0.25, 0.3) is 10.1 Å². The van der Waals surface area contributed by atoms with E-state index in [1.165, 1.54) is 11.3 Å². The molecule has 1 aliphatic heterocycles. The molecule has 0 saturated carbocycles. The zero-order valence-electron chi connectivity index (χ0n) is 22.2. The molecular formula is C29H33N3O5S2. The summed E-state index contributed by atoms with van der Waals surface area (Å²) in [5.41, 5.74) is 1.50. The van der Waals surface area contributed by atoms with Gasteiger partial charge in [0, 0.05) is 41.5 Å². The fraction of sp³-hybridized carbons (Fsp3) is 0.345. The Hall–Kier alpha value is -3.50. The van der Waals surface area contributed by atoms with Crippen molar-refractivity contribution in [1.29, 1.82) is 0 Å². The summed E-state index contributed by atoms with van der Waals surface area (Å²) in [7, 11) is -3.66. The number of nitrogens with zero attached hydrogens (tertiary/aromatic N) is 2. The lowest BCUT2D eigenvalue weighted by Gasteiger charge is -2.52. The van der Waals surface area contributed by atoms with Gasteiger partial charge in [-0.15, -0.1) is 17.9 Å². The van der Waals surface area contributed by atoms with Crippen LogP contribution in [0.2, 0.25) is 0 Å². The summed E-state index contributed by atoms with van der Waals surface area (Å²) in [4.78, 5) is 43.5. The highest BCUT2D eigenvalue weighted by Gasteiger charge is 2.54. The lowest BCUT2D eigenvalue weighted by molar-refractivity contribution is -0.151. The molecule has 1 atom stereocenters. The number of hydrogen-bond donors (Lipinski definition) is 1. The average Bonchev–Trinajstić information content (AvgIpc) is 3.29. The van der Waals surface area contributed by atoms with Crippen molar-refractivity contribution in [1.82, 2.24) is 14.5 Å². The van der Waals surface area contributed by atoms with Gasteiger partial charge in [0.25, 0.3) is 5.91 Å². The van der Waals surface area contributed by atoms with E-state index in [1.54, 1.807) is 15.9 Å². The minimum atomic E-state index is -3.66. The quantitative estimate of drug-likeness (QED) is 0.349. The van der Waals surface area contributed by atoms with Gasteiger partial charge in [0.1, 0.15) is 5.54 Å². The third-order valence-electron chi connectivity index (χ3n) is 6.98. The Morgan fingerprint density at radius 1 is 1.18 bits per heavy atom. The van der Waals surface area contributed by atoms with Crippen LogP contribution in [0.1, 0.15) is 47.2 Å². The summed E-state index contributed by atoms with van der Waals surface area (Å²) in [5.74, 6) is -1.01. The molecule has 1 aromatic heterocycles. The Morgan fingerprint density at radius 2 is 1.95 bits per heavy atom. The molecule has 8 nitrogen and oxygen atoms in total. The predicted molar refractivity (Wildman–Crippen MR) is 154 cm³/mol. The zero-order valence-corrected chi connectivity index (χ0v) is 23.8. The Kier molecular flexibility index (Phi) is 8.56. The van der Waals surface area contributed by atoms with Crippen molar-refractivity contribution in [3.8, 4) is 0 Å². The molecule has 1 unspecified atom stereocenters. The molecular weight excluding hydrogens is 534 g/mol. The average molecular weight is 568 g/mol. The van der Waals surface area contributed by atoms with E-state index in [0.717, 1.165) is 27.5 Å². The van der Waals surface area contributed by atoms with Crippen molar-refractivity contribution < 1.29 is 22.8 Å². The molecule has 0 aliphatic carbocycles. The van der Waals surface area contributed by atoms with Crippen LogP contribution in [0.4, 0.5) is 0 Å². The fourth-order valence-electron chi connectivity index (χ4n) is 5.10. The third kappa shape index (κ3) is 6.39. The van der Waals surface area contributed by atoms with Gasteiger partial charge >= 0.3 is 0 Å². The molecule has 10 heteroatoms. The van der Waals surface area contributed by atoms with E-state index < -0.39 is 21.5 Å². The molecule has 2 heterocycles. The van der Waals surface area contributed by atoms with E-state index >= 15 is 0 Å². The third-order valence-corrected chi connectivity index (χ3v) is 8.54. The van der Waals surface area contributed by atoms with E-state index in [1.807, 2.05) is 65.6 Å². The van der Waals surface area contributed by atoms with Crippen LogP contribution in [0.15, 0.2) is 66.6 Å². The number of amides is 3. The van der Waals surface area contributed by atoms with Gasteiger partial charge in [0.05, 0.1) is 11.8 Å². The first kappa shape index (κ1) is 28.5. The van der Waals surface area contributed by atoms with Gasteiger partial charge in [-0.25, -0.2) is 8.42 Å². The normalized spacial score (nSPS) is 16.9. The van der Waals surface area contributed by atoms with Gasteiger partial charge in [0.15, 0.2) is 0 Å². The van der Waals surface area contributed by atoms with Crippen LogP contribution in [0.3, 0.4) is 0 Å². The summed E-state index contributed by atoms with van der Waals surface area (Å²) in [5, 5.41) is 2.71. The number of nitrogens with one attached hydrogen (secondary N) is 1. The van der Waals surface area contributed by atoms with Crippen LogP contribution in [0.5, 0.6) is 0 Å². The van der Waals surface area contributed by atoms with Gasteiger partial charge in [-0.2, -0.15) is 0 Å². The van der Waals surface area contributed by atoms with E-state index in [9.17, 15) is 22.8 Å². The molecule has 3 amide bonds. The van der Waals surface area contributed by atoms with Crippen LogP contribution in [0, 0.1) is 6.92 Å². The Bertz CT molecular complexity index is 1510. The summed E-state index contributed by atoms with van der Waals surface area (Å²) in [6.45, 7) is 6.83. The van der Waals surface area contributed by atoms with Gasteiger partial charge in [0.2, 0.25) is 21.8 Å². The van der Waals surface area contributed by atoms with Crippen LogP contribution in [-0.2, 0) is 26.2 Å². The van der Waals surface area contributed by atoms with Crippen LogP contribution < -0.4 is 4.72 Å². The Labute approximate surface area is 233 Å². The van der Waals surface area contributed by atoms with E-state index in [-0.39, 0.29) is 31.2 Å². The van der Waals surface area contributed by atoms with Gasteiger partial charge < -0.3 is 9.80 Å². The molecule has 3 aromatic rings. The maximum Gasteiger partial charge on any atom is 0.256 e. The van der Waals surface area contributed by atoms with Crippen molar-refractivity contribution in [2.45, 2.75) is 44.7 Å². The van der Waals surface area contributed by atoms with Crippen molar-refractivity contribution in [2.75, 3.05) is 19.3 Å². The van der Waals surface area contributed by atoms with E-state index in [0.29, 0.717) is 31.5 Å². The molecule has 0 radical (unpaired) electrons. The summed E-state index contributed by atoms with van der Waals surface area (Å²) in [6.07, 6.45) is 3.63. The SMILES string of the molecule is C=CCC1(C(=O)N(CCCC(=O)NS(C)(=O)=O)Cc2cccc(C)c2)CCN1C(=O)c1csc2ccccc12. The summed E-state index contributed by atoms with van der Waals surface area (Å²) < 4.78 is 25.8. The highest BCUT2D eigenvalue weighted by molar-refractivity contribution is 7.89. The second kappa shape index (κ2) is 11.7. The molecule has 2 aromatic carbocycles. The van der Waals surface area contributed by atoms with Crippen molar-refractivity contribution in [2.24, 2.45) is 0 Å². The van der Waals surface area contributed by atoms with Crippen LogP contribution in [-0.4, -0.2) is 60.8 Å². The van der Waals surface area contributed by atoms with Crippen molar-refractivity contribution >= 4 is 49.2 Å². The molecule has 1 N–H and O–H groups in total. The topological polar surface area (TPSA) is 104 Å². The summed E-state index contributed by atoms with van der Waals surface area (Å²) in [6, 6.07) is 15.5. The van der Waals surface area contributed by atoms with Gasteiger partial charge in [-0.3, -0.25) is 19.1 Å². The minimum Gasteiger partial charge on any atom is -0.336 e. The number of likely N-dealkylation sites (tertiary alicyclic amines) is 1. The molecule has 39 heavy (non-hydrogen) atoms. The zero-order chi connectivity index (χ0) is 28.2. The van der Waals surface area contributed by atoms with Gasteiger partial charge in [-0.1, -0.05) is 54.1 Å². The number of thiophene rings is 1. The molecule has 206 valence electrons. The lowest BCUT2D eigenvalue weighted by Crippen LogP contribution is -2.69. The number of carbonyl (C=O) groups excluding carboxylic acids is 3. The first-order chi connectivity index (χ1) is 18.5. The monoisotopic (exact) mass is 567 g/mol. The molecule has 1 aliphatic rings. The number of carbonyl (C=O) groups is 3. The number of aryl methyl sites for hydroxylation is 1. The molecule has 4 rings (SSSR count). The number of benzene rings is 2. The maximum absolute atomic E-state index is 14.3. The highest BCUT2D eigenvalue weighted by Crippen LogP contribution is 2.39. The Balaban J connectivity index is 1.60. The van der Waals surface area contributed by atoms with Gasteiger partial charge in [-0.05, 0) is 37.8 Å². The standard InChI is InChI=1S/C29H33N3O5S2/c1-4-14-29(15-17-32(29)27(34)24-20-38-25-12-6-5-11-23(24)25)28(35)31(19-22-10-7-9-21(2)18-22)16-8-13-26(33)30-39(3,36)37/h4-7,9-12,18,20H,1,8,13-17,19H2,2-3H3,(H,30,33). The second-order valence-electron chi connectivity index (χ2n) is 9.99. The largest absolute Gasteiger partial charge is 0.336 e. The first-order valence-electron chi connectivity index (χ1n) is 12.8. The van der Waals surface area contributed by atoms with E-state index in [4.69, 9.17) is 0 Å². The van der Waals surface area contributed by atoms with E-state index in [2.05, 4.69) is 6.58 Å². The molecule has 0 bridgehead atoms. The molecule has 1 saturated heterocycles. The second-order valence-corrected chi connectivity index (χ2v) is 12.7. The maximum atomic E-state index is 14.3. The fourth-order valence-corrected chi connectivity index (χ4v) is 6.56. The molecule has 0 spiro atoms. The number of sulfonamides is 1. The minimum absolute atomic E-state index is 0.0529. The predicted octanol–water partition coefficient (Wildman–Crippen LogP) is 4.26. The van der Waals surface area contributed by atoms with Crippen molar-refractivity contribution in [3.05, 3.63) is 83.3 Å². The van der Waals surface area contributed by atoms with Crippen LogP contribution >= 0.6 is 11.3 Å². The molecule has 1 fully saturated rings. The summed E-state index contributed by atoms with van der Waals surface area (Å²) >= 11 is 1.50. The number of fused-ring (bicyclic) bond motifs is 1. The first-order valence-corrected chi connectivity index (χ1v) is 15.6. The number of rotatable bonds is 11. The van der Waals surface area contributed by atoms with Crippen molar-refractivity contribution in [3.63, 3.8) is 0 Å². The Morgan fingerprint density at radius 3 is 2.62 bits per heavy atom. The highest BCUT2D eigenvalue weighted by atomic mass is 32.2. The lowest BCUT2D eigenvalue weighted by atomic mass is 9.79. The smallest absolute Gasteiger partial charge is 0.256 e. The number of hydrogen-bond acceptors (Lipinski definition) is 6.